The molecule has 1 nitrogen and oxygen atoms in total. The highest BCUT2D eigenvalue weighted by atomic mass is 19.1. The topological polar surface area (TPSA) is 17.1 Å². The van der Waals surface area contributed by atoms with E-state index in [0.29, 0.717) is 6.42 Å². The summed E-state index contributed by atoms with van der Waals surface area (Å²) in [5.74, 6) is -1.14. The first-order chi connectivity index (χ1) is 6.70. The number of allylic oxidation sites excluding steroid dienone is 2. The second-order valence-electron chi connectivity index (χ2n) is 3.13. The number of hydrogen-bond acceptors (Lipinski definition) is 1. The molecule has 0 fully saturated rings. The largest absolute Gasteiger partial charge is 0.292 e. The van der Waals surface area contributed by atoms with Crippen LogP contribution in [0.25, 0.3) is 0 Å². The average Bonchev–Trinajstić information content (AvgIpc) is 2.19. The van der Waals surface area contributed by atoms with Gasteiger partial charge in [0.05, 0.1) is 0 Å². The molecule has 0 aliphatic carbocycles. The molecule has 0 spiro atoms. The van der Waals surface area contributed by atoms with Crippen molar-refractivity contribution in [2.45, 2.75) is 19.8 Å². The van der Waals surface area contributed by atoms with Gasteiger partial charge in [-0.25, -0.2) is 4.39 Å². The molecule has 0 saturated carbocycles. The van der Waals surface area contributed by atoms with Crippen LogP contribution in [0.5, 0.6) is 0 Å². The number of hydrogen-bond donors (Lipinski definition) is 0. The number of rotatable bonds is 4. The van der Waals surface area contributed by atoms with Gasteiger partial charge in [-0.15, -0.1) is 0 Å². The zero-order valence-corrected chi connectivity index (χ0v) is 8.16. The van der Waals surface area contributed by atoms with E-state index in [1.165, 1.54) is 13.0 Å². The van der Waals surface area contributed by atoms with E-state index in [2.05, 4.69) is 0 Å². The highest BCUT2D eigenvalue weighted by Crippen LogP contribution is 2.06. The Morgan fingerprint density at radius 3 is 2.57 bits per heavy atom. The van der Waals surface area contributed by atoms with Gasteiger partial charge in [0.15, 0.2) is 11.6 Å². The summed E-state index contributed by atoms with van der Waals surface area (Å²) in [4.78, 5) is 10.5. The van der Waals surface area contributed by atoms with Crippen molar-refractivity contribution in [3.63, 3.8) is 0 Å². The molecule has 1 aromatic rings. The Bertz CT molecular complexity index is 327. The third-order valence-electron chi connectivity index (χ3n) is 1.94. The van der Waals surface area contributed by atoms with Gasteiger partial charge in [0.2, 0.25) is 0 Å². The van der Waals surface area contributed by atoms with E-state index in [1.54, 1.807) is 0 Å². The standard InChI is InChI=1S/C12H13FO/c1-10(14)12(13)9-5-8-11-6-3-2-4-7-11/h2-4,6-7,9H,5,8H2,1H3/b12-9+. The van der Waals surface area contributed by atoms with E-state index >= 15 is 0 Å². The SMILES string of the molecule is CC(=O)/C(F)=C\CCc1ccccc1. The molecule has 0 aliphatic rings. The minimum atomic E-state index is -0.638. The fourth-order valence-electron chi connectivity index (χ4n) is 1.15. The van der Waals surface area contributed by atoms with E-state index in [0.717, 1.165) is 12.0 Å². The zero-order valence-electron chi connectivity index (χ0n) is 8.16. The summed E-state index contributed by atoms with van der Waals surface area (Å²) in [6.45, 7) is 1.23. The van der Waals surface area contributed by atoms with Gasteiger partial charge in [-0.05, 0) is 24.5 Å². The van der Waals surface area contributed by atoms with Gasteiger partial charge in [-0.1, -0.05) is 30.3 Å². The molecular formula is C12H13FO. The summed E-state index contributed by atoms with van der Waals surface area (Å²) in [5, 5.41) is 0. The maximum atomic E-state index is 12.7. The normalized spacial score (nSPS) is 11.4. The number of aryl methyl sites for hydroxylation is 1. The van der Waals surface area contributed by atoms with E-state index in [-0.39, 0.29) is 0 Å². The molecule has 0 aromatic heterocycles. The zero-order chi connectivity index (χ0) is 10.4. The molecule has 0 heterocycles. The lowest BCUT2D eigenvalue weighted by Gasteiger charge is -1.96. The fourth-order valence-corrected chi connectivity index (χ4v) is 1.15. The van der Waals surface area contributed by atoms with Gasteiger partial charge in [-0.2, -0.15) is 0 Å². The van der Waals surface area contributed by atoms with Crippen LogP contribution in [0.15, 0.2) is 42.2 Å². The number of halogens is 1. The molecule has 0 amide bonds. The molecular weight excluding hydrogens is 179 g/mol. The average molecular weight is 192 g/mol. The molecule has 1 rings (SSSR count). The Balaban J connectivity index is 2.43. The lowest BCUT2D eigenvalue weighted by Crippen LogP contribution is -1.90. The highest BCUT2D eigenvalue weighted by Gasteiger charge is 1.99. The Morgan fingerprint density at radius 1 is 1.36 bits per heavy atom. The van der Waals surface area contributed by atoms with Crippen LogP contribution in [0.3, 0.4) is 0 Å². The van der Waals surface area contributed by atoms with Crippen molar-refractivity contribution < 1.29 is 9.18 Å². The predicted molar refractivity (Wildman–Crippen MR) is 54.6 cm³/mol. The molecule has 0 aliphatic heterocycles. The summed E-state index contributed by atoms with van der Waals surface area (Å²) in [5.41, 5.74) is 1.15. The number of benzene rings is 1. The summed E-state index contributed by atoms with van der Waals surface area (Å²) in [7, 11) is 0. The van der Waals surface area contributed by atoms with Crippen LogP contribution in [0.2, 0.25) is 0 Å². The lowest BCUT2D eigenvalue weighted by atomic mass is 10.1. The van der Waals surface area contributed by atoms with Crippen molar-refractivity contribution in [2.75, 3.05) is 0 Å². The van der Waals surface area contributed by atoms with Crippen LogP contribution >= 0.6 is 0 Å². The van der Waals surface area contributed by atoms with Crippen molar-refractivity contribution in [1.29, 1.82) is 0 Å². The number of carbonyl (C=O) groups excluding carboxylic acids is 1. The van der Waals surface area contributed by atoms with Gasteiger partial charge in [0.1, 0.15) is 0 Å². The first kappa shape index (κ1) is 10.6. The highest BCUT2D eigenvalue weighted by molar-refractivity contribution is 5.90. The van der Waals surface area contributed by atoms with Crippen LogP contribution in [0.4, 0.5) is 4.39 Å². The van der Waals surface area contributed by atoms with Crippen LogP contribution in [-0.2, 0) is 11.2 Å². The van der Waals surface area contributed by atoms with Crippen molar-refractivity contribution in [3.8, 4) is 0 Å². The third kappa shape index (κ3) is 3.52. The van der Waals surface area contributed by atoms with Crippen LogP contribution in [0, 0.1) is 0 Å². The molecule has 1 aromatic carbocycles. The van der Waals surface area contributed by atoms with Gasteiger partial charge >= 0.3 is 0 Å². The smallest absolute Gasteiger partial charge is 0.187 e. The van der Waals surface area contributed by atoms with Crippen LogP contribution < -0.4 is 0 Å². The molecule has 2 heteroatoms. The summed E-state index contributed by atoms with van der Waals surface area (Å²) in [6, 6.07) is 9.80. The minimum absolute atomic E-state index is 0.502. The Morgan fingerprint density at radius 2 is 2.00 bits per heavy atom. The fraction of sp³-hybridized carbons (Fsp3) is 0.250. The summed E-state index contributed by atoms with van der Waals surface area (Å²) < 4.78 is 12.7. The van der Waals surface area contributed by atoms with Gasteiger partial charge in [-0.3, -0.25) is 4.79 Å². The van der Waals surface area contributed by atoms with Crippen LogP contribution in [-0.4, -0.2) is 5.78 Å². The Kier molecular flexibility index (Phi) is 4.05. The predicted octanol–water partition coefficient (Wildman–Crippen LogP) is 3.06. The monoisotopic (exact) mass is 192 g/mol. The van der Waals surface area contributed by atoms with Gasteiger partial charge in [0, 0.05) is 6.92 Å². The van der Waals surface area contributed by atoms with Gasteiger partial charge < -0.3 is 0 Å². The van der Waals surface area contributed by atoms with E-state index in [4.69, 9.17) is 0 Å². The van der Waals surface area contributed by atoms with Gasteiger partial charge in [0.25, 0.3) is 0 Å². The second-order valence-corrected chi connectivity index (χ2v) is 3.13. The number of Topliss-reactive ketones (excluding diaryl/α,β-unsaturated/α-hetero) is 1. The third-order valence-corrected chi connectivity index (χ3v) is 1.94. The molecule has 74 valence electrons. The van der Waals surface area contributed by atoms with Crippen LogP contribution in [0.1, 0.15) is 18.9 Å². The Hall–Kier alpha value is -1.44. The quantitative estimate of drug-likeness (QED) is 0.670. The molecule has 14 heavy (non-hydrogen) atoms. The second kappa shape index (κ2) is 5.32. The van der Waals surface area contributed by atoms with E-state index in [9.17, 15) is 9.18 Å². The Labute approximate surface area is 83.3 Å². The molecule has 0 N–H and O–H groups in total. The molecule has 0 bridgehead atoms. The van der Waals surface area contributed by atoms with Crippen molar-refractivity contribution in [1.82, 2.24) is 0 Å². The molecule has 0 saturated heterocycles. The van der Waals surface area contributed by atoms with Crippen molar-refractivity contribution in [2.24, 2.45) is 0 Å². The first-order valence-corrected chi connectivity index (χ1v) is 4.60. The van der Waals surface area contributed by atoms with Crippen molar-refractivity contribution >= 4 is 5.78 Å². The molecule has 0 unspecified atom stereocenters. The number of ketones is 1. The number of carbonyl (C=O) groups is 1. The maximum Gasteiger partial charge on any atom is 0.187 e. The minimum Gasteiger partial charge on any atom is -0.292 e. The summed E-state index contributed by atoms with van der Waals surface area (Å²) in [6.07, 6.45) is 2.67. The van der Waals surface area contributed by atoms with Crippen molar-refractivity contribution in [3.05, 3.63) is 47.8 Å². The summed E-state index contributed by atoms with van der Waals surface area (Å²) >= 11 is 0. The molecule has 0 atom stereocenters. The lowest BCUT2D eigenvalue weighted by molar-refractivity contribution is -0.114. The van der Waals surface area contributed by atoms with E-state index < -0.39 is 11.6 Å². The van der Waals surface area contributed by atoms with E-state index in [1.807, 2.05) is 30.3 Å². The molecule has 0 radical (unpaired) electrons. The maximum absolute atomic E-state index is 12.7. The first-order valence-electron chi connectivity index (χ1n) is 4.60.